The number of fused-ring (bicyclic) bond motifs is 1. The van der Waals surface area contributed by atoms with Gasteiger partial charge in [0, 0.05) is 47.8 Å². The second kappa shape index (κ2) is 11.2. The first kappa shape index (κ1) is 29.0. The molecule has 0 amide bonds. The minimum absolute atomic E-state index is 0.0304. The molecule has 9 nitrogen and oxygen atoms in total. The molecule has 2 unspecified atom stereocenters. The molecule has 12 heteroatoms. The van der Waals surface area contributed by atoms with E-state index in [0.29, 0.717) is 28.3 Å². The third kappa shape index (κ3) is 5.93. The van der Waals surface area contributed by atoms with Crippen LogP contribution in [-0.4, -0.2) is 51.1 Å². The van der Waals surface area contributed by atoms with Gasteiger partial charge in [0.25, 0.3) is 0 Å². The van der Waals surface area contributed by atoms with E-state index in [9.17, 15) is 23.1 Å². The van der Waals surface area contributed by atoms with E-state index in [0.717, 1.165) is 43.4 Å². The van der Waals surface area contributed by atoms with Crippen molar-refractivity contribution in [3.63, 3.8) is 0 Å². The fourth-order valence-corrected chi connectivity index (χ4v) is 6.07. The van der Waals surface area contributed by atoms with Gasteiger partial charge in [-0.3, -0.25) is 4.68 Å². The highest BCUT2D eigenvalue weighted by Gasteiger charge is 2.37. The largest absolute Gasteiger partial charge is 0.573 e. The summed E-state index contributed by atoms with van der Waals surface area (Å²) >= 11 is 0. The average Bonchev–Trinajstić information content (AvgIpc) is 3.63. The smallest absolute Gasteiger partial charge is 0.476 e. The van der Waals surface area contributed by atoms with Crippen LogP contribution < -0.4 is 9.64 Å². The van der Waals surface area contributed by atoms with E-state index in [1.807, 2.05) is 18.2 Å². The maximum atomic E-state index is 13.1. The molecule has 0 radical (unpaired) electrons. The molecule has 4 aromatic rings. The Morgan fingerprint density at radius 3 is 2.63 bits per heavy atom. The number of anilines is 1. The lowest BCUT2D eigenvalue weighted by Crippen LogP contribution is -2.47. The van der Waals surface area contributed by atoms with Crippen LogP contribution in [-0.2, 0) is 18.4 Å². The molecule has 2 aromatic heterocycles. The minimum Gasteiger partial charge on any atom is -0.476 e. The van der Waals surface area contributed by atoms with Crippen molar-refractivity contribution in [2.45, 2.75) is 70.6 Å². The van der Waals surface area contributed by atoms with Gasteiger partial charge in [-0.15, -0.1) is 13.2 Å². The summed E-state index contributed by atoms with van der Waals surface area (Å²) in [5.74, 6) is -0.249. The van der Waals surface area contributed by atoms with Gasteiger partial charge in [0.1, 0.15) is 17.2 Å². The molecule has 2 atom stereocenters. The molecule has 1 aliphatic carbocycles. The Balaban J connectivity index is 1.22. The van der Waals surface area contributed by atoms with Gasteiger partial charge < -0.3 is 24.0 Å². The molecule has 2 fully saturated rings. The van der Waals surface area contributed by atoms with Crippen LogP contribution in [0.4, 0.5) is 18.9 Å². The highest BCUT2D eigenvalue weighted by molar-refractivity contribution is 6.02. The van der Waals surface area contributed by atoms with Crippen molar-refractivity contribution in [1.82, 2.24) is 14.9 Å². The number of carboxylic acids is 1. The van der Waals surface area contributed by atoms with Crippen molar-refractivity contribution in [2.75, 3.05) is 11.4 Å². The molecule has 43 heavy (non-hydrogen) atoms. The number of carboxylic acid groups (broad SMARTS) is 1. The number of halogens is 3. The van der Waals surface area contributed by atoms with E-state index >= 15 is 0 Å². The number of benzene rings is 2. The van der Waals surface area contributed by atoms with Crippen LogP contribution >= 0.6 is 0 Å². The first-order chi connectivity index (χ1) is 20.5. The fraction of sp³-hybridized carbons (Fsp3) is 0.452. The summed E-state index contributed by atoms with van der Waals surface area (Å²) in [4.78, 5) is 13.9. The molecule has 1 aliphatic heterocycles. The quantitative estimate of drug-likeness (QED) is 0.222. The number of aryl methyl sites for hydroxylation is 1. The number of aromatic nitrogens is 3. The Morgan fingerprint density at radius 1 is 1.16 bits per heavy atom. The predicted molar refractivity (Wildman–Crippen MR) is 152 cm³/mol. The zero-order valence-corrected chi connectivity index (χ0v) is 24.1. The summed E-state index contributed by atoms with van der Waals surface area (Å²) in [5, 5.41) is 18.5. The van der Waals surface area contributed by atoms with Gasteiger partial charge in [0.05, 0.1) is 18.2 Å². The second-order valence-corrected chi connectivity index (χ2v) is 11.6. The first-order valence-corrected chi connectivity index (χ1v) is 14.4. The van der Waals surface area contributed by atoms with Gasteiger partial charge >= 0.3 is 12.3 Å². The molecule has 1 saturated carbocycles. The Hall–Kier alpha value is -4.06. The fourth-order valence-electron chi connectivity index (χ4n) is 6.07. The number of rotatable bonds is 9. The highest BCUT2D eigenvalue weighted by Crippen LogP contribution is 2.46. The zero-order chi connectivity index (χ0) is 30.5. The number of ether oxygens (including phenoxy) is 2. The van der Waals surface area contributed by atoms with Crippen molar-refractivity contribution in [3.05, 3.63) is 59.5 Å². The summed E-state index contributed by atoms with van der Waals surface area (Å²) in [6.45, 7) is 5.20. The van der Waals surface area contributed by atoms with E-state index in [1.54, 1.807) is 23.9 Å². The Morgan fingerprint density at radius 2 is 1.93 bits per heavy atom. The van der Waals surface area contributed by atoms with Gasteiger partial charge in [0.2, 0.25) is 0 Å². The van der Waals surface area contributed by atoms with E-state index in [2.05, 4.69) is 33.7 Å². The molecule has 2 aliphatic rings. The topological polar surface area (TPSA) is 103 Å². The van der Waals surface area contributed by atoms with Gasteiger partial charge in [-0.2, -0.15) is 5.10 Å². The summed E-state index contributed by atoms with van der Waals surface area (Å²) in [6.07, 6.45) is -1.57. The molecular weight excluding hydrogens is 565 g/mol. The second-order valence-electron chi connectivity index (χ2n) is 11.6. The molecule has 1 N–H and O–H groups in total. The number of hydrogen-bond acceptors (Lipinski definition) is 7. The van der Waals surface area contributed by atoms with Crippen LogP contribution in [0.2, 0.25) is 0 Å². The van der Waals surface area contributed by atoms with E-state index < -0.39 is 12.3 Å². The van der Waals surface area contributed by atoms with Crippen molar-refractivity contribution in [2.24, 2.45) is 13.0 Å². The third-order valence-corrected chi connectivity index (χ3v) is 8.33. The van der Waals surface area contributed by atoms with Gasteiger partial charge in [-0.1, -0.05) is 31.1 Å². The average molecular weight is 599 g/mol. The van der Waals surface area contributed by atoms with Crippen molar-refractivity contribution in [1.29, 1.82) is 0 Å². The van der Waals surface area contributed by atoms with Crippen LogP contribution in [0.25, 0.3) is 22.2 Å². The molecule has 228 valence electrons. The lowest BCUT2D eigenvalue weighted by molar-refractivity contribution is -0.274. The number of aromatic carboxylic acids is 1. The minimum atomic E-state index is -4.84. The molecule has 0 spiro atoms. The third-order valence-electron chi connectivity index (χ3n) is 8.33. The molecular formula is C31H33F3N4O5. The Labute approximate surface area is 246 Å². The summed E-state index contributed by atoms with van der Waals surface area (Å²) < 4.78 is 57.4. The molecule has 1 saturated heterocycles. The van der Waals surface area contributed by atoms with Crippen LogP contribution in [0.3, 0.4) is 0 Å². The van der Waals surface area contributed by atoms with E-state index in [1.165, 1.54) is 12.1 Å². The monoisotopic (exact) mass is 598 g/mol. The Bertz CT molecular complexity index is 1640. The SMILES string of the molecule is CC(C)C1CC(OCc2c(-c3ccccc3OC(F)(F)F)noc2C2CC2)CCN1c1ccc2c(C(=O)O)nn(C)c2c1. The Kier molecular flexibility index (Phi) is 7.57. The number of alkyl halides is 3. The van der Waals surface area contributed by atoms with Crippen LogP contribution in [0.1, 0.15) is 67.3 Å². The molecule has 3 heterocycles. The molecule has 0 bridgehead atoms. The standard InChI is InChI=1S/C31H33F3N4O5/c1-17(2)24-15-20(12-13-38(24)19-10-11-21-25(14-19)37(3)35-28(21)30(39)40)41-16-23-27(36-43-29(23)18-8-9-18)22-6-4-5-7-26(22)42-31(32,33)34/h4-7,10-11,14,17-18,20,24H,8-9,12-13,15-16H2,1-3H3,(H,39,40). The number of hydrogen-bond donors (Lipinski definition) is 1. The maximum absolute atomic E-state index is 13.1. The maximum Gasteiger partial charge on any atom is 0.573 e. The first-order valence-electron chi connectivity index (χ1n) is 14.4. The lowest BCUT2D eigenvalue weighted by Gasteiger charge is -2.43. The molecule has 6 rings (SSSR count). The predicted octanol–water partition coefficient (Wildman–Crippen LogP) is 6.91. The lowest BCUT2D eigenvalue weighted by atomic mass is 9.90. The van der Waals surface area contributed by atoms with E-state index in [4.69, 9.17) is 9.26 Å². The van der Waals surface area contributed by atoms with Crippen molar-refractivity contribution in [3.8, 4) is 17.0 Å². The van der Waals surface area contributed by atoms with Crippen molar-refractivity contribution < 1.29 is 37.1 Å². The van der Waals surface area contributed by atoms with Crippen LogP contribution in [0, 0.1) is 5.92 Å². The summed E-state index contributed by atoms with van der Waals surface area (Å²) in [5.41, 5.74) is 2.95. The van der Waals surface area contributed by atoms with E-state index in [-0.39, 0.29) is 41.7 Å². The van der Waals surface area contributed by atoms with Crippen molar-refractivity contribution >= 4 is 22.6 Å². The van der Waals surface area contributed by atoms with Crippen LogP contribution in [0.5, 0.6) is 5.75 Å². The normalized spacial score (nSPS) is 19.4. The summed E-state index contributed by atoms with van der Waals surface area (Å²) in [7, 11) is 1.74. The molecule has 2 aromatic carbocycles. The summed E-state index contributed by atoms with van der Waals surface area (Å²) in [6, 6.07) is 11.8. The van der Waals surface area contributed by atoms with Gasteiger partial charge in [-0.25, -0.2) is 4.79 Å². The number of piperidine rings is 1. The van der Waals surface area contributed by atoms with Gasteiger partial charge in [-0.05, 0) is 61.9 Å². The van der Waals surface area contributed by atoms with Crippen LogP contribution in [0.15, 0.2) is 47.0 Å². The zero-order valence-electron chi connectivity index (χ0n) is 24.1. The number of carbonyl (C=O) groups is 1. The van der Waals surface area contributed by atoms with Gasteiger partial charge in [0.15, 0.2) is 5.69 Å². The number of nitrogens with zero attached hydrogens (tertiary/aromatic N) is 4. The highest BCUT2D eigenvalue weighted by atomic mass is 19.4. The number of para-hydroxylation sites is 1.